The molecule has 1 heterocycles. The Balaban J connectivity index is 1.77. The Kier molecular flexibility index (Phi) is 6.63. The molecule has 1 N–H and O–H groups in total. The summed E-state index contributed by atoms with van der Waals surface area (Å²) in [6.07, 6.45) is 0. The summed E-state index contributed by atoms with van der Waals surface area (Å²) in [5, 5.41) is 3.19. The van der Waals surface area contributed by atoms with Crippen molar-refractivity contribution in [1.29, 1.82) is 0 Å². The molecule has 0 aromatic heterocycles. The number of para-hydroxylation sites is 1. The molecule has 0 spiro atoms. The summed E-state index contributed by atoms with van der Waals surface area (Å²) in [5.41, 5.74) is 1.67. The molecule has 1 saturated heterocycles. The Hall–Kier alpha value is -2.37. The van der Waals surface area contributed by atoms with Crippen LogP contribution in [-0.4, -0.2) is 50.3 Å². The van der Waals surface area contributed by atoms with E-state index in [4.69, 9.17) is 9.47 Å². The Labute approximate surface area is 154 Å². The van der Waals surface area contributed by atoms with E-state index < -0.39 is 0 Å². The van der Waals surface area contributed by atoms with E-state index in [1.165, 1.54) is 0 Å². The first-order chi connectivity index (χ1) is 12.8. The van der Waals surface area contributed by atoms with Crippen LogP contribution in [0.5, 0.6) is 5.75 Å². The summed E-state index contributed by atoms with van der Waals surface area (Å²) in [6.45, 7) is 6.45. The number of rotatable bonds is 7. The molecular formula is C21H26N2O3. The molecule has 1 aliphatic heterocycles. The molecule has 2 aromatic rings. The van der Waals surface area contributed by atoms with Crippen LogP contribution in [0.4, 0.5) is 0 Å². The number of morpholine rings is 1. The van der Waals surface area contributed by atoms with Crippen molar-refractivity contribution in [2.75, 3.05) is 39.5 Å². The van der Waals surface area contributed by atoms with Gasteiger partial charge in [-0.1, -0.05) is 42.5 Å². The van der Waals surface area contributed by atoms with Gasteiger partial charge in [-0.05, 0) is 24.6 Å². The number of hydrogen-bond acceptors (Lipinski definition) is 4. The fraction of sp³-hybridized carbons (Fsp3) is 0.381. The summed E-state index contributed by atoms with van der Waals surface area (Å²) < 4.78 is 11.0. The van der Waals surface area contributed by atoms with Crippen molar-refractivity contribution in [1.82, 2.24) is 10.2 Å². The maximum Gasteiger partial charge on any atom is 0.255 e. The van der Waals surface area contributed by atoms with Crippen molar-refractivity contribution in [2.45, 2.75) is 13.0 Å². The number of hydrogen-bond donors (Lipinski definition) is 1. The van der Waals surface area contributed by atoms with Gasteiger partial charge in [0.2, 0.25) is 0 Å². The van der Waals surface area contributed by atoms with Gasteiger partial charge in [0.1, 0.15) is 5.75 Å². The first kappa shape index (κ1) is 18.4. The molecule has 1 atom stereocenters. The number of nitrogens with one attached hydrogen (secondary N) is 1. The molecule has 1 fully saturated rings. The third-order valence-electron chi connectivity index (χ3n) is 4.48. The fourth-order valence-corrected chi connectivity index (χ4v) is 3.13. The Bertz CT molecular complexity index is 699. The number of ether oxygens (including phenoxy) is 2. The zero-order valence-corrected chi connectivity index (χ0v) is 15.2. The summed E-state index contributed by atoms with van der Waals surface area (Å²) in [5.74, 6) is 0.502. The van der Waals surface area contributed by atoms with Gasteiger partial charge in [-0.3, -0.25) is 9.69 Å². The molecular weight excluding hydrogens is 328 g/mol. The summed E-state index contributed by atoms with van der Waals surface area (Å²) >= 11 is 0. The predicted octanol–water partition coefficient (Wildman–Crippen LogP) is 2.89. The van der Waals surface area contributed by atoms with E-state index in [2.05, 4.69) is 22.3 Å². The van der Waals surface area contributed by atoms with Gasteiger partial charge in [0.15, 0.2) is 0 Å². The highest BCUT2D eigenvalue weighted by atomic mass is 16.5. The average molecular weight is 354 g/mol. The van der Waals surface area contributed by atoms with Gasteiger partial charge in [0, 0.05) is 19.6 Å². The van der Waals surface area contributed by atoms with Gasteiger partial charge >= 0.3 is 0 Å². The lowest BCUT2D eigenvalue weighted by Gasteiger charge is -2.31. The number of benzene rings is 2. The summed E-state index contributed by atoms with van der Waals surface area (Å²) in [7, 11) is 0. The molecule has 26 heavy (non-hydrogen) atoms. The van der Waals surface area contributed by atoms with E-state index in [-0.39, 0.29) is 11.9 Å². The van der Waals surface area contributed by atoms with Crippen LogP contribution in [-0.2, 0) is 4.74 Å². The van der Waals surface area contributed by atoms with E-state index in [9.17, 15) is 4.79 Å². The summed E-state index contributed by atoms with van der Waals surface area (Å²) in [4.78, 5) is 15.3. The lowest BCUT2D eigenvalue weighted by atomic mass is 10.0. The fourth-order valence-electron chi connectivity index (χ4n) is 3.13. The third-order valence-corrected chi connectivity index (χ3v) is 4.48. The second kappa shape index (κ2) is 9.36. The van der Waals surface area contributed by atoms with E-state index in [1.807, 2.05) is 43.3 Å². The third kappa shape index (κ3) is 4.84. The van der Waals surface area contributed by atoms with Crippen LogP contribution in [0.2, 0.25) is 0 Å². The normalized spacial score (nSPS) is 16.0. The number of amides is 1. The molecule has 1 aliphatic rings. The van der Waals surface area contributed by atoms with Crippen LogP contribution in [0.15, 0.2) is 54.6 Å². The van der Waals surface area contributed by atoms with Gasteiger partial charge < -0.3 is 14.8 Å². The van der Waals surface area contributed by atoms with Gasteiger partial charge in [-0.2, -0.15) is 0 Å². The van der Waals surface area contributed by atoms with E-state index in [1.54, 1.807) is 6.07 Å². The van der Waals surface area contributed by atoms with Crippen LogP contribution in [0, 0.1) is 0 Å². The van der Waals surface area contributed by atoms with E-state index in [0.29, 0.717) is 17.9 Å². The molecule has 0 unspecified atom stereocenters. The van der Waals surface area contributed by atoms with Crippen LogP contribution in [0.3, 0.4) is 0 Å². The maximum absolute atomic E-state index is 12.9. The minimum Gasteiger partial charge on any atom is -0.493 e. The minimum atomic E-state index is -0.115. The molecule has 138 valence electrons. The van der Waals surface area contributed by atoms with Gasteiger partial charge in [-0.25, -0.2) is 0 Å². The highest BCUT2D eigenvalue weighted by Gasteiger charge is 2.22. The zero-order chi connectivity index (χ0) is 18.2. The molecule has 0 saturated carbocycles. The second-order valence-electron chi connectivity index (χ2n) is 6.28. The molecule has 1 amide bonds. The monoisotopic (exact) mass is 354 g/mol. The standard InChI is InChI=1S/C21H26N2O3/c1-2-26-20-11-7-6-10-18(20)21(24)22-19(17-8-4-3-5-9-17)16-23-12-14-25-15-13-23/h3-11,19H,2,12-16H2,1H3,(H,22,24)/t19-/m1/s1. The lowest BCUT2D eigenvalue weighted by Crippen LogP contribution is -2.43. The predicted molar refractivity (Wildman–Crippen MR) is 102 cm³/mol. The molecule has 0 aliphatic carbocycles. The number of carbonyl (C=O) groups excluding carboxylic acids is 1. The van der Waals surface area contributed by atoms with Crippen molar-refractivity contribution >= 4 is 5.91 Å². The molecule has 5 heteroatoms. The molecule has 0 radical (unpaired) electrons. The number of carbonyl (C=O) groups is 1. The minimum absolute atomic E-state index is 0.0866. The maximum atomic E-state index is 12.9. The molecule has 0 bridgehead atoms. The van der Waals surface area contributed by atoms with Crippen LogP contribution < -0.4 is 10.1 Å². The Morgan fingerprint density at radius 2 is 1.81 bits per heavy atom. The smallest absolute Gasteiger partial charge is 0.255 e. The van der Waals surface area contributed by atoms with Crippen molar-refractivity contribution in [3.05, 3.63) is 65.7 Å². The van der Waals surface area contributed by atoms with Crippen molar-refractivity contribution in [3.63, 3.8) is 0 Å². The Morgan fingerprint density at radius 1 is 1.12 bits per heavy atom. The quantitative estimate of drug-likeness (QED) is 0.831. The van der Waals surface area contributed by atoms with Crippen LogP contribution in [0.1, 0.15) is 28.9 Å². The average Bonchev–Trinajstić information content (AvgIpc) is 2.69. The van der Waals surface area contributed by atoms with E-state index in [0.717, 1.165) is 38.4 Å². The van der Waals surface area contributed by atoms with Crippen LogP contribution >= 0.6 is 0 Å². The van der Waals surface area contributed by atoms with Gasteiger partial charge in [-0.15, -0.1) is 0 Å². The number of nitrogens with zero attached hydrogens (tertiary/aromatic N) is 1. The van der Waals surface area contributed by atoms with E-state index >= 15 is 0 Å². The molecule has 3 rings (SSSR count). The highest BCUT2D eigenvalue weighted by Crippen LogP contribution is 2.21. The first-order valence-electron chi connectivity index (χ1n) is 9.15. The second-order valence-corrected chi connectivity index (χ2v) is 6.28. The zero-order valence-electron chi connectivity index (χ0n) is 15.2. The first-order valence-corrected chi connectivity index (χ1v) is 9.15. The molecule has 5 nitrogen and oxygen atoms in total. The van der Waals surface area contributed by atoms with Crippen molar-refractivity contribution in [2.24, 2.45) is 0 Å². The van der Waals surface area contributed by atoms with Crippen molar-refractivity contribution < 1.29 is 14.3 Å². The largest absolute Gasteiger partial charge is 0.493 e. The topological polar surface area (TPSA) is 50.8 Å². The summed E-state index contributed by atoms with van der Waals surface area (Å²) in [6, 6.07) is 17.4. The van der Waals surface area contributed by atoms with Crippen LogP contribution in [0.25, 0.3) is 0 Å². The molecule has 2 aromatic carbocycles. The van der Waals surface area contributed by atoms with Gasteiger partial charge in [0.25, 0.3) is 5.91 Å². The van der Waals surface area contributed by atoms with Gasteiger partial charge in [0.05, 0.1) is 31.4 Å². The SMILES string of the molecule is CCOc1ccccc1C(=O)N[C@H](CN1CCOCC1)c1ccccc1. The lowest BCUT2D eigenvalue weighted by molar-refractivity contribution is 0.0332. The Morgan fingerprint density at radius 3 is 2.54 bits per heavy atom. The van der Waals surface area contributed by atoms with Crippen molar-refractivity contribution in [3.8, 4) is 5.75 Å². The highest BCUT2D eigenvalue weighted by molar-refractivity contribution is 5.97.